The smallest absolute Gasteiger partial charge is 0.303 e. The van der Waals surface area contributed by atoms with Crippen molar-refractivity contribution in [1.29, 1.82) is 0 Å². The summed E-state index contributed by atoms with van der Waals surface area (Å²) in [5.74, 6) is -3.16. The van der Waals surface area contributed by atoms with Crippen LogP contribution in [0.2, 0.25) is 0 Å². The summed E-state index contributed by atoms with van der Waals surface area (Å²) < 4.78 is 31.3. The number of nitrogens with zero attached hydrogens (tertiary/aromatic N) is 2. The van der Waals surface area contributed by atoms with E-state index in [2.05, 4.69) is 16.0 Å². The van der Waals surface area contributed by atoms with Crippen molar-refractivity contribution in [2.24, 2.45) is 23.0 Å². The molecule has 3 amide bonds. The number of nitrogens with one attached hydrogen (secondary N) is 3. The Morgan fingerprint density at radius 1 is 0.946 bits per heavy atom. The molecule has 4 atom stereocenters. The molecule has 3 aromatic rings. The predicted octanol–water partition coefficient (Wildman–Crippen LogP) is 4.84. The van der Waals surface area contributed by atoms with Crippen LogP contribution < -0.4 is 21.7 Å². The molecule has 0 saturated heterocycles. The zero-order chi connectivity index (χ0) is 41.8. The Kier molecular flexibility index (Phi) is 16.7. The second kappa shape index (κ2) is 20.5. The molecule has 308 valence electrons. The highest BCUT2D eigenvalue weighted by Crippen LogP contribution is 2.41. The van der Waals surface area contributed by atoms with Gasteiger partial charge in [0.25, 0.3) is 0 Å². The lowest BCUT2D eigenvalue weighted by Crippen LogP contribution is -2.53. The molecule has 14 heteroatoms. The van der Waals surface area contributed by atoms with E-state index in [1.807, 2.05) is 83.4 Å². The maximum absolute atomic E-state index is 15.0. The van der Waals surface area contributed by atoms with Crippen LogP contribution in [0.1, 0.15) is 85.0 Å². The number of rotatable bonds is 21. The first-order valence-corrected chi connectivity index (χ1v) is 19.1. The largest absolute Gasteiger partial charge is 0.481 e. The van der Waals surface area contributed by atoms with Gasteiger partial charge in [-0.15, -0.1) is 0 Å². The van der Waals surface area contributed by atoms with Crippen molar-refractivity contribution >= 4 is 23.7 Å². The van der Waals surface area contributed by atoms with Crippen LogP contribution in [0.25, 0.3) is 11.1 Å². The number of carbonyl (C=O) groups excluding carboxylic acids is 3. The summed E-state index contributed by atoms with van der Waals surface area (Å²) in [5.41, 5.74) is 7.11. The summed E-state index contributed by atoms with van der Waals surface area (Å²) in [4.78, 5) is 51.9. The minimum Gasteiger partial charge on any atom is -0.481 e. The number of aliphatic hydroxyl groups is 1. The van der Waals surface area contributed by atoms with E-state index in [9.17, 15) is 33.8 Å². The molecule has 0 saturated carbocycles. The summed E-state index contributed by atoms with van der Waals surface area (Å²) in [6.45, 7) is 13.5. The first-order chi connectivity index (χ1) is 26.3. The summed E-state index contributed by atoms with van der Waals surface area (Å²) in [7, 11) is 0. The van der Waals surface area contributed by atoms with E-state index in [1.165, 1.54) is 4.90 Å². The number of halogens is 2. The number of aliphatic hydroxyl groups excluding tert-OH is 1. The molecule has 0 fully saturated rings. The number of carboxylic acid groups (broad SMARTS) is 1. The molecule has 0 aliphatic rings. The van der Waals surface area contributed by atoms with Crippen LogP contribution in [0.3, 0.4) is 0 Å². The molecule has 2 unspecified atom stereocenters. The highest BCUT2D eigenvalue weighted by molar-refractivity contribution is 5.82. The maximum atomic E-state index is 15.0. The van der Waals surface area contributed by atoms with Crippen molar-refractivity contribution in [2.45, 2.75) is 91.9 Å². The summed E-state index contributed by atoms with van der Waals surface area (Å²) in [6.07, 6.45) is 2.09. The van der Waals surface area contributed by atoms with Gasteiger partial charge in [0.05, 0.1) is 18.6 Å². The van der Waals surface area contributed by atoms with Crippen molar-refractivity contribution in [3.05, 3.63) is 83.7 Å². The van der Waals surface area contributed by atoms with Gasteiger partial charge in [0, 0.05) is 61.2 Å². The summed E-state index contributed by atoms with van der Waals surface area (Å²) in [5, 5.41) is 28.0. The molecule has 3 rings (SSSR count). The van der Waals surface area contributed by atoms with Gasteiger partial charge in [-0.2, -0.15) is 0 Å². The van der Waals surface area contributed by atoms with Crippen molar-refractivity contribution in [3.8, 4) is 11.1 Å². The fourth-order valence-corrected chi connectivity index (χ4v) is 6.95. The Balaban J connectivity index is 1.72. The average Bonchev–Trinajstić information content (AvgIpc) is 3.55. The van der Waals surface area contributed by atoms with Gasteiger partial charge in [-0.3, -0.25) is 19.2 Å². The molecular weight excluding hydrogens is 722 g/mol. The van der Waals surface area contributed by atoms with E-state index < -0.39 is 59.1 Å². The van der Waals surface area contributed by atoms with Gasteiger partial charge in [-0.25, -0.2) is 8.78 Å². The predicted molar refractivity (Wildman–Crippen MR) is 212 cm³/mol. The molecular formula is C42H60F2N6O6. The lowest BCUT2D eigenvalue weighted by Gasteiger charge is -2.41. The Hall–Kier alpha value is -4.66. The van der Waals surface area contributed by atoms with Gasteiger partial charge in [-0.05, 0) is 66.8 Å². The number of aromatic nitrogens is 1. The van der Waals surface area contributed by atoms with E-state index >= 15 is 4.39 Å². The standard InChI is InChI=1S/C42H60F2N6O6/c1-27(2)28(3)42(7,17-15-38(54)55)48-23-36(52)46-18-19-47-40(56)34(45)16-20-50(37(53)26-51)39(41(4,5)6)35-21-30(32-22-31(43)13-14-33(32)44)25-49(35)24-29-11-9-8-10-12-29/h8-14,21-22,25,27-28,34,39,48,51H,15-20,23-24,26,45H2,1-7H3,(H,46,52)(H,47,56)(H,54,55)/t28?,34-,39-,42?/m0/s1. The van der Waals surface area contributed by atoms with Gasteiger partial charge in [-0.1, -0.05) is 71.9 Å². The summed E-state index contributed by atoms with van der Waals surface area (Å²) >= 11 is 0. The molecule has 1 heterocycles. The number of aliphatic carboxylic acids is 1. The zero-order valence-corrected chi connectivity index (χ0v) is 33.7. The van der Waals surface area contributed by atoms with Crippen LogP contribution in [0.15, 0.2) is 60.8 Å². The van der Waals surface area contributed by atoms with Gasteiger partial charge in [0.15, 0.2) is 0 Å². The van der Waals surface area contributed by atoms with E-state index in [-0.39, 0.29) is 62.3 Å². The monoisotopic (exact) mass is 782 g/mol. The zero-order valence-electron chi connectivity index (χ0n) is 33.7. The number of carbonyl (C=O) groups is 4. The highest BCUT2D eigenvalue weighted by atomic mass is 19.1. The molecule has 7 N–H and O–H groups in total. The first kappa shape index (κ1) is 45.7. The van der Waals surface area contributed by atoms with Crippen LogP contribution in [0.4, 0.5) is 8.78 Å². The van der Waals surface area contributed by atoms with E-state index in [4.69, 9.17) is 5.73 Å². The number of hydrogen-bond donors (Lipinski definition) is 6. The highest BCUT2D eigenvalue weighted by Gasteiger charge is 2.38. The molecule has 0 bridgehead atoms. The molecule has 0 spiro atoms. The average molecular weight is 783 g/mol. The number of carboxylic acids is 1. The molecule has 56 heavy (non-hydrogen) atoms. The van der Waals surface area contributed by atoms with Crippen LogP contribution in [-0.2, 0) is 25.7 Å². The third-order valence-corrected chi connectivity index (χ3v) is 10.5. The number of amides is 3. The Morgan fingerprint density at radius 2 is 1.61 bits per heavy atom. The minimum atomic E-state index is -1.04. The fourth-order valence-electron chi connectivity index (χ4n) is 6.95. The molecule has 0 radical (unpaired) electrons. The normalized spacial score (nSPS) is 14.4. The van der Waals surface area contributed by atoms with Crippen LogP contribution in [0, 0.1) is 28.9 Å². The molecule has 0 aliphatic heterocycles. The number of nitrogens with two attached hydrogens (primary N) is 1. The lowest BCUT2D eigenvalue weighted by molar-refractivity contribution is -0.140. The third kappa shape index (κ3) is 13.0. The van der Waals surface area contributed by atoms with Crippen LogP contribution in [-0.4, -0.2) is 87.7 Å². The van der Waals surface area contributed by atoms with Crippen molar-refractivity contribution < 1.29 is 38.2 Å². The van der Waals surface area contributed by atoms with Crippen molar-refractivity contribution in [3.63, 3.8) is 0 Å². The first-order valence-electron chi connectivity index (χ1n) is 19.1. The van der Waals surface area contributed by atoms with Crippen LogP contribution in [0.5, 0.6) is 0 Å². The maximum Gasteiger partial charge on any atom is 0.303 e. The van der Waals surface area contributed by atoms with E-state index in [1.54, 1.807) is 12.3 Å². The van der Waals surface area contributed by atoms with Crippen molar-refractivity contribution in [1.82, 2.24) is 25.4 Å². The van der Waals surface area contributed by atoms with Gasteiger partial charge in [0.2, 0.25) is 17.7 Å². The Bertz CT molecular complexity index is 1780. The molecule has 1 aromatic heterocycles. The molecule has 12 nitrogen and oxygen atoms in total. The van der Waals surface area contributed by atoms with Gasteiger partial charge >= 0.3 is 5.97 Å². The second-order valence-corrected chi connectivity index (χ2v) is 16.1. The summed E-state index contributed by atoms with van der Waals surface area (Å²) in [6, 6.07) is 12.8. The van der Waals surface area contributed by atoms with E-state index in [0.717, 1.165) is 23.8 Å². The fraction of sp³-hybridized carbons (Fsp3) is 0.524. The van der Waals surface area contributed by atoms with E-state index in [0.29, 0.717) is 24.2 Å². The Morgan fingerprint density at radius 3 is 2.21 bits per heavy atom. The third-order valence-electron chi connectivity index (χ3n) is 10.5. The SMILES string of the molecule is CC(C)C(C)C(C)(CCC(=O)O)NCC(=O)NCCNC(=O)[C@@H](N)CCN(C(=O)CO)[C@@H](c1cc(-c2cc(F)ccc2F)cn1Cc1ccccc1)C(C)(C)C. The quantitative estimate of drug-likeness (QED) is 0.0832. The van der Waals surface area contributed by atoms with Crippen molar-refractivity contribution in [2.75, 3.05) is 32.8 Å². The number of hydrogen-bond acceptors (Lipinski definition) is 7. The topological polar surface area (TPSA) is 179 Å². The lowest BCUT2D eigenvalue weighted by atomic mass is 9.76. The second-order valence-electron chi connectivity index (χ2n) is 16.1. The number of benzene rings is 2. The van der Waals surface area contributed by atoms with Gasteiger partial charge < -0.3 is 41.4 Å². The Labute approximate surface area is 329 Å². The molecule has 2 aromatic carbocycles. The van der Waals surface area contributed by atoms with Gasteiger partial charge in [0.1, 0.15) is 18.2 Å². The van der Waals surface area contributed by atoms with Crippen LogP contribution >= 0.6 is 0 Å². The molecule has 0 aliphatic carbocycles. The minimum absolute atomic E-state index is 0.00601.